The molecule has 1 radical (unpaired) electrons. The molecule has 5 nitrogen and oxygen atoms in total. The molecule has 16 heavy (non-hydrogen) atoms. The third-order valence-corrected chi connectivity index (χ3v) is 2.06. The number of aliphatic hydroxyl groups is 1. The molecular formula is C11H11N2O3. The minimum absolute atomic E-state index is 0.0462. The fourth-order valence-corrected chi connectivity index (χ4v) is 1.36. The number of nitrogens with zero attached hydrogens (tertiary/aromatic N) is 2. The minimum atomic E-state index is -0.0462. The van der Waals surface area contributed by atoms with Crippen LogP contribution >= 0.6 is 0 Å². The Bertz CT molecular complexity index is 488. The highest BCUT2D eigenvalue weighted by atomic mass is 16.5. The van der Waals surface area contributed by atoms with Gasteiger partial charge in [-0.05, 0) is 0 Å². The smallest absolute Gasteiger partial charge is 0.163 e. The number of fused-ring (bicyclic) bond motifs is 1. The van der Waals surface area contributed by atoms with Crippen LogP contribution in [0.5, 0.6) is 11.5 Å². The molecule has 1 N–H and O–H groups in total. The summed E-state index contributed by atoms with van der Waals surface area (Å²) in [7, 11) is 1.55. The molecule has 83 valence electrons. The van der Waals surface area contributed by atoms with Crippen LogP contribution in [-0.2, 0) is 0 Å². The van der Waals surface area contributed by atoms with Gasteiger partial charge in [0.15, 0.2) is 11.5 Å². The molecule has 0 aliphatic heterocycles. The lowest BCUT2D eigenvalue weighted by atomic mass is 10.2. The van der Waals surface area contributed by atoms with Crippen LogP contribution in [0.3, 0.4) is 0 Å². The van der Waals surface area contributed by atoms with Gasteiger partial charge >= 0.3 is 0 Å². The molecule has 1 heterocycles. The Labute approximate surface area is 92.7 Å². The van der Waals surface area contributed by atoms with Gasteiger partial charge in [0.25, 0.3) is 0 Å². The number of methoxy groups -OCH3 is 1. The molecule has 1 aromatic heterocycles. The molecule has 2 aromatic rings. The predicted octanol–water partition coefficient (Wildman–Crippen LogP) is 0.810. The minimum Gasteiger partial charge on any atom is -0.493 e. The summed E-state index contributed by atoms with van der Waals surface area (Å²) in [5.41, 5.74) is 1.39. The van der Waals surface area contributed by atoms with E-state index in [1.165, 1.54) is 6.20 Å². The maximum absolute atomic E-state index is 8.71. The molecule has 0 aliphatic rings. The lowest BCUT2D eigenvalue weighted by Crippen LogP contribution is -2.03. The maximum Gasteiger partial charge on any atom is 0.163 e. The van der Waals surface area contributed by atoms with Gasteiger partial charge in [-0.3, -0.25) is 4.98 Å². The first-order valence-electron chi connectivity index (χ1n) is 4.79. The summed E-state index contributed by atoms with van der Waals surface area (Å²) in [6.07, 6.45) is 4.14. The van der Waals surface area contributed by atoms with E-state index in [9.17, 15) is 0 Å². The molecule has 0 aliphatic carbocycles. The van der Waals surface area contributed by atoms with E-state index in [0.717, 1.165) is 0 Å². The van der Waals surface area contributed by atoms with Crippen LogP contribution in [0, 0.1) is 6.20 Å². The lowest BCUT2D eigenvalue weighted by molar-refractivity contribution is 0.196. The quantitative estimate of drug-likeness (QED) is 0.824. The maximum atomic E-state index is 8.71. The third kappa shape index (κ3) is 2.04. The summed E-state index contributed by atoms with van der Waals surface area (Å²) < 4.78 is 10.5. The van der Waals surface area contributed by atoms with Gasteiger partial charge in [0, 0.05) is 12.1 Å². The largest absolute Gasteiger partial charge is 0.493 e. The Morgan fingerprint density at radius 3 is 2.88 bits per heavy atom. The van der Waals surface area contributed by atoms with Gasteiger partial charge < -0.3 is 14.6 Å². The highest BCUT2D eigenvalue weighted by Crippen LogP contribution is 2.30. The van der Waals surface area contributed by atoms with Gasteiger partial charge in [0.2, 0.25) is 0 Å². The standard InChI is InChI=1S/C11H11N2O3/c1-15-10-6-8-9(13-3-2-12-8)7-11(10)16-5-4-14/h3,6-7,14H,4-5H2,1H3. The monoisotopic (exact) mass is 219 g/mol. The van der Waals surface area contributed by atoms with Crippen LogP contribution in [0.1, 0.15) is 0 Å². The molecule has 0 fully saturated rings. The average Bonchev–Trinajstić information content (AvgIpc) is 2.35. The summed E-state index contributed by atoms with van der Waals surface area (Å²) in [6.45, 7) is 0.170. The fraction of sp³-hybridized carbons (Fsp3) is 0.273. The van der Waals surface area contributed by atoms with E-state index in [4.69, 9.17) is 14.6 Å². The van der Waals surface area contributed by atoms with Crippen molar-refractivity contribution in [3.8, 4) is 11.5 Å². The Morgan fingerprint density at radius 2 is 2.12 bits per heavy atom. The molecule has 5 heteroatoms. The predicted molar refractivity (Wildman–Crippen MR) is 57.5 cm³/mol. The van der Waals surface area contributed by atoms with Crippen LogP contribution in [-0.4, -0.2) is 35.4 Å². The van der Waals surface area contributed by atoms with Crippen LogP contribution in [0.4, 0.5) is 0 Å². The second-order valence-corrected chi connectivity index (χ2v) is 3.06. The summed E-state index contributed by atoms with van der Waals surface area (Å²) in [6, 6.07) is 3.45. The van der Waals surface area contributed by atoms with Gasteiger partial charge in [-0.15, -0.1) is 0 Å². The van der Waals surface area contributed by atoms with Crippen molar-refractivity contribution in [1.82, 2.24) is 9.97 Å². The molecule has 0 saturated heterocycles. The average molecular weight is 219 g/mol. The second kappa shape index (κ2) is 4.76. The molecule has 0 spiro atoms. The number of ether oxygens (including phenoxy) is 2. The zero-order valence-electron chi connectivity index (χ0n) is 8.80. The summed E-state index contributed by atoms with van der Waals surface area (Å²) >= 11 is 0. The van der Waals surface area contributed by atoms with E-state index >= 15 is 0 Å². The van der Waals surface area contributed by atoms with E-state index in [0.29, 0.717) is 22.5 Å². The van der Waals surface area contributed by atoms with E-state index < -0.39 is 0 Å². The topological polar surface area (TPSA) is 64.5 Å². The Balaban J connectivity index is 2.45. The Hall–Kier alpha value is -1.88. The van der Waals surface area contributed by atoms with E-state index in [1.807, 2.05) is 0 Å². The van der Waals surface area contributed by atoms with Crippen LogP contribution in [0.25, 0.3) is 11.0 Å². The van der Waals surface area contributed by atoms with E-state index in [2.05, 4.69) is 16.2 Å². The van der Waals surface area contributed by atoms with Crippen molar-refractivity contribution in [2.75, 3.05) is 20.3 Å². The highest BCUT2D eigenvalue weighted by Gasteiger charge is 2.07. The molecule has 0 atom stereocenters. The van der Waals surface area contributed by atoms with Crippen LogP contribution in [0.2, 0.25) is 0 Å². The number of hydrogen-bond acceptors (Lipinski definition) is 5. The van der Waals surface area contributed by atoms with E-state index in [-0.39, 0.29) is 13.2 Å². The van der Waals surface area contributed by atoms with Crippen molar-refractivity contribution >= 4 is 11.0 Å². The molecule has 1 aromatic carbocycles. The normalized spacial score (nSPS) is 10.4. The zero-order chi connectivity index (χ0) is 11.4. The number of benzene rings is 1. The lowest BCUT2D eigenvalue weighted by Gasteiger charge is -2.10. The number of aliphatic hydroxyl groups excluding tert-OH is 1. The Kier molecular flexibility index (Phi) is 3.16. The first kappa shape index (κ1) is 10.6. The Morgan fingerprint density at radius 1 is 1.31 bits per heavy atom. The highest BCUT2D eigenvalue weighted by molar-refractivity contribution is 5.78. The fourth-order valence-electron chi connectivity index (χ4n) is 1.36. The van der Waals surface area contributed by atoms with Crippen LogP contribution in [0.15, 0.2) is 18.3 Å². The molecule has 0 unspecified atom stereocenters. The molecule has 0 bridgehead atoms. The molecule has 2 rings (SSSR count). The molecule has 0 amide bonds. The first-order chi connectivity index (χ1) is 7.85. The van der Waals surface area contributed by atoms with Gasteiger partial charge in [-0.1, -0.05) is 0 Å². The SMILES string of the molecule is COc1cc2n[c]cnc2cc1OCCO. The summed E-state index contributed by atoms with van der Waals surface area (Å²) in [5, 5.41) is 8.71. The van der Waals surface area contributed by atoms with Crippen molar-refractivity contribution in [1.29, 1.82) is 0 Å². The van der Waals surface area contributed by atoms with Gasteiger partial charge in [-0.2, -0.15) is 0 Å². The van der Waals surface area contributed by atoms with Crippen molar-refractivity contribution in [2.45, 2.75) is 0 Å². The van der Waals surface area contributed by atoms with Crippen molar-refractivity contribution in [2.24, 2.45) is 0 Å². The second-order valence-electron chi connectivity index (χ2n) is 3.06. The van der Waals surface area contributed by atoms with E-state index in [1.54, 1.807) is 19.2 Å². The van der Waals surface area contributed by atoms with Crippen molar-refractivity contribution in [3.63, 3.8) is 0 Å². The third-order valence-electron chi connectivity index (χ3n) is 2.06. The van der Waals surface area contributed by atoms with Crippen molar-refractivity contribution < 1.29 is 14.6 Å². The number of rotatable bonds is 4. The zero-order valence-corrected chi connectivity index (χ0v) is 8.80. The van der Waals surface area contributed by atoms with Gasteiger partial charge in [-0.25, -0.2) is 4.98 Å². The van der Waals surface area contributed by atoms with Crippen LogP contribution < -0.4 is 9.47 Å². The van der Waals surface area contributed by atoms with Gasteiger partial charge in [0.05, 0.1) is 30.9 Å². The number of hydrogen-bond donors (Lipinski definition) is 1. The molecular weight excluding hydrogens is 208 g/mol. The summed E-state index contributed by atoms with van der Waals surface area (Å²) in [4.78, 5) is 8.15. The first-order valence-corrected chi connectivity index (χ1v) is 4.79. The summed E-state index contributed by atoms with van der Waals surface area (Å²) in [5.74, 6) is 1.11. The molecule has 0 saturated carbocycles. The van der Waals surface area contributed by atoms with Crippen molar-refractivity contribution in [3.05, 3.63) is 24.5 Å². The van der Waals surface area contributed by atoms with Gasteiger partial charge in [0.1, 0.15) is 12.8 Å². The number of aromatic nitrogens is 2.